The van der Waals surface area contributed by atoms with Crippen LogP contribution in [-0.4, -0.2) is 63.7 Å². The molecule has 2 fully saturated rings. The van der Waals surface area contributed by atoms with E-state index in [1.165, 1.54) is 0 Å². The molecule has 0 bridgehead atoms. The van der Waals surface area contributed by atoms with Crippen molar-refractivity contribution in [2.45, 2.75) is 32.2 Å². The fourth-order valence-electron chi connectivity index (χ4n) is 4.12. The van der Waals surface area contributed by atoms with Crippen molar-refractivity contribution in [3.8, 4) is 5.69 Å². The van der Waals surface area contributed by atoms with Crippen molar-refractivity contribution in [2.75, 3.05) is 26.2 Å². The first-order chi connectivity index (χ1) is 13.6. The van der Waals surface area contributed by atoms with E-state index in [4.69, 9.17) is 11.6 Å². The third-order valence-electron chi connectivity index (χ3n) is 5.50. The summed E-state index contributed by atoms with van der Waals surface area (Å²) in [5, 5.41) is 7.94. The number of likely N-dealkylation sites (tertiary alicyclic amines) is 1. The summed E-state index contributed by atoms with van der Waals surface area (Å²) in [6.45, 7) is 4.67. The number of carbonyl (C=O) groups is 2. The topological polar surface area (TPSA) is 70.5 Å². The van der Waals surface area contributed by atoms with E-state index in [9.17, 15) is 9.59 Å². The Hall–Kier alpha value is -2.54. The van der Waals surface area contributed by atoms with Crippen LogP contribution in [0.1, 0.15) is 35.8 Å². The highest BCUT2D eigenvalue weighted by Gasteiger charge is 2.34. The van der Waals surface area contributed by atoms with Crippen LogP contribution in [0.25, 0.3) is 5.69 Å². The Labute approximate surface area is 169 Å². The highest BCUT2D eigenvalue weighted by molar-refractivity contribution is 6.30. The van der Waals surface area contributed by atoms with Gasteiger partial charge >= 0.3 is 6.03 Å². The maximum atomic E-state index is 13.3. The van der Waals surface area contributed by atoms with E-state index in [1.807, 2.05) is 41.0 Å². The summed E-state index contributed by atoms with van der Waals surface area (Å²) in [7, 11) is 0. The van der Waals surface area contributed by atoms with Gasteiger partial charge in [0.05, 0.1) is 29.2 Å². The molecule has 0 radical (unpaired) electrons. The lowest BCUT2D eigenvalue weighted by atomic mass is 10.0. The standard InChI is InChI=1S/C20H24ClN5O2/c1-2-18-17(12-23-26(18)15-6-3-5-14(21)11-15)19(27)24-9-4-7-16(13-24)25-10-8-22-20(25)28/h3,5-6,11-12,16H,2,4,7-10,13H2,1H3,(H,22,28)/t16-/m1/s1. The number of urea groups is 1. The van der Waals surface area contributed by atoms with Crippen LogP contribution in [-0.2, 0) is 6.42 Å². The van der Waals surface area contributed by atoms with Crippen molar-refractivity contribution in [1.82, 2.24) is 24.9 Å². The number of nitrogens with zero attached hydrogens (tertiary/aromatic N) is 4. The Morgan fingerprint density at radius 2 is 2.21 bits per heavy atom. The molecule has 0 aliphatic carbocycles. The van der Waals surface area contributed by atoms with Crippen molar-refractivity contribution in [1.29, 1.82) is 0 Å². The highest BCUT2D eigenvalue weighted by atomic mass is 35.5. The van der Waals surface area contributed by atoms with Crippen molar-refractivity contribution < 1.29 is 9.59 Å². The van der Waals surface area contributed by atoms with Crippen LogP contribution >= 0.6 is 11.6 Å². The zero-order chi connectivity index (χ0) is 19.7. The summed E-state index contributed by atoms with van der Waals surface area (Å²) in [5.41, 5.74) is 2.33. The van der Waals surface area contributed by atoms with Gasteiger partial charge < -0.3 is 15.1 Å². The molecule has 2 aliphatic rings. The van der Waals surface area contributed by atoms with Crippen molar-refractivity contribution in [2.24, 2.45) is 0 Å². The molecule has 28 heavy (non-hydrogen) atoms. The molecule has 2 saturated heterocycles. The average Bonchev–Trinajstić information content (AvgIpc) is 3.33. The molecular weight excluding hydrogens is 378 g/mol. The Morgan fingerprint density at radius 1 is 1.36 bits per heavy atom. The summed E-state index contributed by atoms with van der Waals surface area (Å²) in [6.07, 6.45) is 4.15. The second-order valence-corrected chi connectivity index (χ2v) is 7.66. The molecule has 7 nitrogen and oxygen atoms in total. The average molecular weight is 402 g/mol. The lowest BCUT2D eigenvalue weighted by molar-refractivity contribution is 0.0633. The van der Waals surface area contributed by atoms with Gasteiger partial charge in [0.2, 0.25) is 0 Å². The molecule has 1 aromatic heterocycles. The van der Waals surface area contributed by atoms with Crippen LogP contribution in [0.4, 0.5) is 4.79 Å². The van der Waals surface area contributed by atoms with Crippen LogP contribution in [0.5, 0.6) is 0 Å². The predicted molar refractivity (Wildman–Crippen MR) is 107 cm³/mol. The first kappa shape index (κ1) is 18.8. The van der Waals surface area contributed by atoms with Crippen LogP contribution in [0, 0.1) is 0 Å². The number of amides is 3. The smallest absolute Gasteiger partial charge is 0.317 e. The number of aromatic nitrogens is 2. The van der Waals surface area contributed by atoms with Gasteiger partial charge in [-0.3, -0.25) is 4.79 Å². The van der Waals surface area contributed by atoms with Gasteiger partial charge in [-0.1, -0.05) is 24.6 Å². The number of carbonyl (C=O) groups excluding carboxylic acids is 2. The van der Waals surface area contributed by atoms with Gasteiger partial charge in [-0.15, -0.1) is 0 Å². The van der Waals surface area contributed by atoms with Gasteiger partial charge in [0.25, 0.3) is 5.91 Å². The van der Waals surface area contributed by atoms with Crippen molar-refractivity contribution in [3.05, 3.63) is 46.7 Å². The Balaban J connectivity index is 1.57. The molecule has 4 rings (SSSR count). The Bertz CT molecular complexity index is 896. The molecule has 0 unspecified atom stereocenters. The number of hydrogen-bond acceptors (Lipinski definition) is 3. The number of benzene rings is 1. The fourth-order valence-corrected chi connectivity index (χ4v) is 4.31. The molecule has 8 heteroatoms. The van der Waals surface area contributed by atoms with E-state index >= 15 is 0 Å². The van der Waals surface area contributed by atoms with Crippen LogP contribution < -0.4 is 5.32 Å². The minimum absolute atomic E-state index is 0.0190. The number of piperidine rings is 1. The highest BCUT2D eigenvalue weighted by Crippen LogP contribution is 2.23. The van der Waals surface area contributed by atoms with Gasteiger partial charge in [0, 0.05) is 31.2 Å². The molecule has 0 spiro atoms. The summed E-state index contributed by atoms with van der Waals surface area (Å²) < 4.78 is 1.79. The summed E-state index contributed by atoms with van der Waals surface area (Å²) >= 11 is 6.12. The van der Waals surface area contributed by atoms with E-state index in [2.05, 4.69) is 10.4 Å². The monoisotopic (exact) mass is 401 g/mol. The zero-order valence-corrected chi connectivity index (χ0v) is 16.7. The maximum absolute atomic E-state index is 13.3. The van der Waals surface area contributed by atoms with E-state index in [1.54, 1.807) is 10.9 Å². The maximum Gasteiger partial charge on any atom is 0.317 e. The lowest BCUT2D eigenvalue weighted by Gasteiger charge is -2.37. The second-order valence-electron chi connectivity index (χ2n) is 7.22. The molecule has 3 heterocycles. The first-order valence-corrected chi connectivity index (χ1v) is 10.1. The van der Waals surface area contributed by atoms with Crippen LogP contribution in [0.15, 0.2) is 30.5 Å². The van der Waals surface area contributed by atoms with Gasteiger partial charge in [0.1, 0.15) is 0 Å². The lowest BCUT2D eigenvalue weighted by Crippen LogP contribution is -2.50. The van der Waals surface area contributed by atoms with Crippen LogP contribution in [0.3, 0.4) is 0 Å². The predicted octanol–water partition coefficient (Wildman–Crippen LogP) is 2.72. The largest absolute Gasteiger partial charge is 0.336 e. The third-order valence-corrected chi connectivity index (χ3v) is 5.74. The zero-order valence-electron chi connectivity index (χ0n) is 15.9. The second kappa shape index (κ2) is 7.83. The van der Waals surface area contributed by atoms with Gasteiger partial charge in [-0.2, -0.15) is 5.10 Å². The summed E-state index contributed by atoms with van der Waals surface area (Å²) in [4.78, 5) is 29.0. The summed E-state index contributed by atoms with van der Waals surface area (Å²) in [6, 6.07) is 7.50. The van der Waals surface area contributed by atoms with E-state index in [0.717, 1.165) is 24.2 Å². The molecule has 148 valence electrons. The first-order valence-electron chi connectivity index (χ1n) is 9.75. The van der Waals surface area contributed by atoms with E-state index in [0.29, 0.717) is 43.2 Å². The van der Waals surface area contributed by atoms with Crippen molar-refractivity contribution in [3.63, 3.8) is 0 Å². The van der Waals surface area contributed by atoms with Crippen LogP contribution in [0.2, 0.25) is 5.02 Å². The van der Waals surface area contributed by atoms with Crippen molar-refractivity contribution >= 4 is 23.5 Å². The van der Waals surface area contributed by atoms with Gasteiger partial charge in [0.15, 0.2) is 0 Å². The normalized spacial score (nSPS) is 19.8. The molecule has 1 aromatic carbocycles. The number of halogens is 1. The number of hydrogen-bond donors (Lipinski definition) is 1. The van der Waals surface area contributed by atoms with Gasteiger partial charge in [-0.25, -0.2) is 9.48 Å². The quantitative estimate of drug-likeness (QED) is 0.856. The third kappa shape index (κ3) is 3.46. The Kier molecular flexibility index (Phi) is 5.26. The fraction of sp³-hybridized carbons (Fsp3) is 0.450. The minimum Gasteiger partial charge on any atom is -0.336 e. The SMILES string of the molecule is CCc1c(C(=O)N2CCC[C@@H](N3CCNC3=O)C2)cnn1-c1cccc(Cl)c1. The molecule has 0 saturated carbocycles. The Morgan fingerprint density at radius 3 is 2.93 bits per heavy atom. The molecular formula is C20H24ClN5O2. The minimum atomic E-state index is -0.0256. The van der Waals surface area contributed by atoms with Gasteiger partial charge in [-0.05, 0) is 37.5 Å². The van der Waals surface area contributed by atoms with E-state index < -0.39 is 0 Å². The molecule has 1 atom stereocenters. The molecule has 1 N–H and O–H groups in total. The molecule has 2 aromatic rings. The number of rotatable bonds is 4. The molecule has 2 aliphatic heterocycles. The molecule has 3 amide bonds. The number of nitrogens with one attached hydrogen (secondary N) is 1. The van der Waals surface area contributed by atoms with E-state index in [-0.39, 0.29) is 18.0 Å². The summed E-state index contributed by atoms with van der Waals surface area (Å²) in [5.74, 6) is -0.0190.